The number of aromatic hydroxyl groups is 1. The van der Waals surface area contributed by atoms with Gasteiger partial charge in [-0.1, -0.05) is 54.6 Å². The van der Waals surface area contributed by atoms with E-state index in [0.717, 1.165) is 21.9 Å². The van der Waals surface area contributed by atoms with Crippen LogP contribution in [-0.2, 0) is 11.2 Å². The molecular formula is C19H16O3. The van der Waals surface area contributed by atoms with Gasteiger partial charge in [-0.05, 0) is 29.0 Å². The molecule has 3 rings (SSSR count). The summed E-state index contributed by atoms with van der Waals surface area (Å²) in [4.78, 5) is 10.9. The molecule has 22 heavy (non-hydrogen) atoms. The van der Waals surface area contributed by atoms with E-state index in [1.807, 2.05) is 60.7 Å². The Labute approximate surface area is 128 Å². The van der Waals surface area contributed by atoms with Crippen LogP contribution in [0.5, 0.6) is 5.75 Å². The molecule has 0 saturated heterocycles. The van der Waals surface area contributed by atoms with Gasteiger partial charge in [0.15, 0.2) is 0 Å². The number of carboxylic acid groups (broad SMARTS) is 1. The van der Waals surface area contributed by atoms with Crippen molar-refractivity contribution in [3.8, 4) is 16.9 Å². The second kappa shape index (κ2) is 5.90. The third-order valence-electron chi connectivity index (χ3n) is 3.80. The van der Waals surface area contributed by atoms with Crippen molar-refractivity contribution < 1.29 is 15.0 Å². The van der Waals surface area contributed by atoms with E-state index in [1.54, 1.807) is 0 Å². The molecular weight excluding hydrogens is 276 g/mol. The summed E-state index contributed by atoms with van der Waals surface area (Å²) in [6, 6.07) is 19.3. The van der Waals surface area contributed by atoms with Gasteiger partial charge in [0.25, 0.3) is 0 Å². The van der Waals surface area contributed by atoms with Crippen LogP contribution in [0.1, 0.15) is 12.0 Å². The van der Waals surface area contributed by atoms with Crippen LogP contribution in [0.3, 0.4) is 0 Å². The van der Waals surface area contributed by atoms with Gasteiger partial charge in [-0.3, -0.25) is 4.79 Å². The fourth-order valence-corrected chi connectivity index (χ4v) is 2.73. The van der Waals surface area contributed by atoms with Gasteiger partial charge in [0.2, 0.25) is 0 Å². The molecule has 0 aliphatic heterocycles. The fraction of sp³-hybridized carbons (Fsp3) is 0.105. The molecule has 0 atom stereocenters. The van der Waals surface area contributed by atoms with Crippen molar-refractivity contribution in [3.63, 3.8) is 0 Å². The van der Waals surface area contributed by atoms with Crippen molar-refractivity contribution in [2.75, 3.05) is 0 Å². The van der Waals surface area contributed by atoms with Gasteiger partial charge in [0.1, 0.15) is 5.75 Å². The zero-order chi connectivity index (χ0) is 15.5. The minimum atomic E-state index is -0.869. The molecule has 0 aliphatic carbocycles. The van der Waals surface area contributed by atoms with Crippen molar-refractivity contribution in [2.24, 2.45) is 0 Å². The molecule has 0 spiro atoms. The molecule has 3 nitrogen and oxygen atoms in total. The lowest BCUT2D eigenvalue weighted by Crippen LogP contribution is -2.00. The standard InChI is InChI=1S/C19H16O3/c20-18(21)11-10-16-17(13-6-2-1-3-7-13)12-14-8-4-5-9-15(14)19(16)22/h1-9,12,22H,10-11H2,(H,20,21). The zero-order valence-corrected chi connectivity index (χ0v) is 12.0. The van der Waals surface area contributed by atoms with Gasteiger partial charge in [-0.2, -0.15) is 0 Å². The molecule has 0 amide bonds. The monoisotopic (exact) mass is 292 g/mol. The van der Waals surface area contributed by atoms with Gasteiger partial charge in [-0.15, -0.1) is 0 Å². The Hall–Kier alpha value is -2.81. The van der Waals surface area contributed by atoms with Crippen LogP contribution in [0.4, 0.5) is 0 Å². The minimum Gasteiger partial charge on any atom is -0.507 e. The third-order valence-corrected chi connectivity index (χ3v) is 3.80. The van der Waals surface area contributed by atoms with Crippen molar-refractivity contribution in [3.05, 3.63) is 66.2 Å². The van der Waals surface area contributed by atoms with Crippen molar-refractivity contribution in [1.29, 1.82) is 0 Å². The molecule has 0 bridgehead atoms. The first kappa shape index (κ1) is 14.1. The summed E-state index contributed by atoms with van der Waals surface area (Å²) in [6.45, 7) is 0. The number of phenols is 1. The topological polar surface area (TPSA) is 57.5 Å². The van der Waals surface area contributed by atoms with Crippen LogP contribution in [0.2, 0.25) is 0 Å². The number of aliphatic carboxylic acids is 1. The third kappa shape index (κ3) is 2.66. The highest BCUT2D eigenvalue weighted by Gasteiger charge is 2.15. The molecule has 0 fully saturated rings. The first-order valence-electron chi connectivity index (χ1n) is 7.17. The van der Waals surface area contributed by atoms with Gasteiger partial charge in [0, 0.05) is 17.4 Å². The predicted octanol–water partition coefficient (Wildman–Crippen LogP) is 4.23. The van der Waals surface area contributed by atoms with Crippen molar-refractivity contribution in [2.45, 2.75) is 12.8 Å². The van der Waals surface area contributed by atoms with Crippen LogP contribution in [0.15, 0.2) is 60.7 Å². The number of carboxylic acids is 1. The van der Waals surface area contributed by atoms with Crippen LogP contribution in [0, 0.1) is 0 Å². The molecule has 0 heterocycles. The Kier molecular flexibility index (Phi) is 3.79. The van der Waals surface area contributed by atoms with Gasteiger partial charge >= 0.3 is 5.97 Å². The van der Waals surface area contributed by atoms with E-state index >= 15 is 0 Å². The number of rotatable bonds is 4. The smallest absolute Gasteiger partial charge is 0.303 e. The fourth-order valence-electron chi connectivity index (χ4n) is 2.73. The van der Waals surface area contributed by atoms with Crippen molar-refractivity contribution >= 4 is 16.7 Å². The highest BCUT2D eigenvalue weighted by molar-refractivity contribution is 5.94. The van der Waals surface area contributed by atoms with Gasteiger partial charge < -0.3 is 10.2 Å². The average Bonchev–Trinajstić information content (AvgIpc) is 2.54. The Morgan fingerprint density at radius 3 is 2.36 bits per heavy atom. The number of fused-ring (bicyclic) bond motifs is 1. The summed E-state index contributed by atoms with van der Waals surface area (Å²) in [5.74, 6) is -0.690. The second-order valence-electron chi connectivity index (χ2n) is 5.23. The van der Waals surface area contributed by atoms with Crippen LogP contribution in [-0.4, -0.2) is 16.2 Å². The van der Waals surface area contributed by atoms with E-state index < -0.39 is 5.97 Å². The molecule has 3 heteroatoms. The summed E-state index contributed by atoms with van der Waals surface area (Å²) in [6.07, 6.45) is 0.294. The van der Waals surface area contributed by atoms with E-state index in [4.69, 9.17) is 5.11 Å². The van der Waals surface area contributed by atoms with Gasteiger partial charge in [0.05, 0.1) is 0 Å². The lowest BCUT2D eigenvalue weighted by Gasteiger charge is -2.14. The maximum absolute atomic E-state index is 10.9. The lowest BCUT2D eigenvalue weighted by molar-refractivity contribution is -0.136. The Balaban J connectivity index is 2.23. The van der Waals surface area contributed by atoms with Crippen LogP contribution in [0.25, 0.3) is 21.9 Å². The first-order chi connectivity index (χ1) is 10.7. The molecule has 3 aromatic carbocycles. The number of carbonyl (C=O) groups is 1. The highest BCUT2D eigenvalue weighted by atomic mass is 16.4. The number of benzene rings is 3. The van der Waals surface area contributed by atoms with E-state index in [0.29, 0.717) is 12.0 Å². The summed E-state index contributed by atoms with van der Waals surface area (Å²) in [5.41, 5.74) is 2.55. The number of phenolic OH excluding ortho intramolecular Hbond substituents is 1. The van der Waals surface area contributed by atoms with E-state index in [9.17, 15) is 9.90 Å². The summed E-state index contributed by atoms with van der Waals surface area (Å²) in [7, 11) is 0. The maximum atomic E-state index is 10.9. The highest BCUT2D eigenvalue weighted by Crippen LogP contribution is 2.37. The van der Waals surface area contributed by atoms with E-state index in [-0.39, 0.29) is 12.2 Å². The van der Waals surface area contributed by atoms with E-state index in [1.165, 1.54) is 0 Å². The second-order valence-corrected chi connectivity index (χ2v) is 5.23. The quantitative estimate of drug-likeness (QED) is 0.756. The molecule has 0 aliphatic rings. The molecule has 110 valence electrons. The maximum Gasteiger partial charge on any atom is 0.303 e. The molecule has 0 saturated carbocycles. The zero-order valence-electron chi connectivity index (χ0n) is 12.0. The average molecular weight is 292 g/mol. The Morgan fingerprint density at radius 2 is 1.64 bits per heavy atom. The molecule has 0 radical (unpaired) electrons. The molecule has 0 unspecified atom stereocenters. The largest absolute Gasteiger partial charge is 0.507 e. The van der Waals surface area contributed by atoms with Gasteiger partial charge in [-0.25, -0.2) is 0 Å². The number of hydrogen-bond donors (Lipinski definition) is 2. The lowest BCUT2D eigenvalue weighted by atomic mass is 9.92. The summed E-state index contributed by atoms with van der Waals surface area (Å²) in [5, 5.41) is 21.3. The van der Waals surface area contributed by atoms with Crippen LogP contribution < -0.4 is 0 Å². The van der Waals surface area contributed by atoms with Crippen molar-refractivity contribution in [1.82, 2.24) is 0 Å². The van der Waals surface area contributed by atoms with E-state index in [2.05, 4.69) is 0 Å². The SMILES string of the molecule is O=C(O)CCc1c(-c2ccccc2)cc2ccccc2c1O. The van der Waals surface area contributed by atoms with Crippen LogP contribution >= 0.6 is 0 Å². The predicted molar refractivity (Wildman–Crippen MR) is 87.0 cm³/mol. The summed E-state index contributed by atoms with van der Waals surface area (Å²) < 4.78 is 0. The first-order valence-corrected chi connectivity index (χ1v) is 7.17. The summed E-state index contributed by atoms with van der Waals surface area (Å²) >= 11 is 0. The number of hydrogen-bond acceptors (Lipinski definition) is 2. The molecule has 0 aromatic heterocycles. The normalized spacial score (nSPS) is 10.7. The minimum absolute atomic E-state index is 0.00820. The Morgan fingerprint density at radius 1 is 0.955 bits per heavy atom. The molecule has 3 aromatic rings. The molecule has 2 N–H and O–H groups in total. The Bertz CT molecular complexity index is 823.